The minimum absolute atomic E-state index is 0.0210. The van der Waals surface area contributed by atoms with E-state index in [2.05, 4.69) is 9.97 Å². The third-order valence-corrected chi connectivity index (χ3v) is 3.47. The van der Waals surface area contributed by atoms with Crippen LogP contribution in [-0.2, 0) is 0 Å². The second kappa shape index (κ2) is 6.72. The average Bonchev–Trinajstić information content (AvgIpc) is 2.58. The highest BCUT2D eigenvalue weighted by atomic mass is 35.5. The van der Waals surface area contributed by atoms with Crippen LogP contribution in [0.1, 0.15) is 0 Å². The molecule has 0 fully saturated rings. The fourth-order valence-corrected chi connectivity index (χ4v) is 2.32. The highest BCUT2D eigenvalue weighted by Crippen LogP contribution is 2.37. The van der Waals surface area contributed by atoms with Gasteiger partial charge >= 0.3 is 0 Å². The number of anilines is 1. The van der Waals surface area contributed by atoms with Crippen molar-refractivity contribution in [1.29, 1.82) is 0 Å². The van der Waals surface area contributed by atoms with E-state index in [0.29, 0.717) is 17.1 Å². The maximum Gasteiger partial charge on any atom is 0.206 e. The molecule has 2 aromatic carbocycles. The molecule has 122 valence electrons. The number of methoxy groups -OCH3 is 1. The number of hydrogen-bond donors (Lipinski definition) is 1. The summed E-state index contributed by atoms with van der Waals surface area (Å²) in [5.41, 5.74) is 6.41. The standard InChI is InChI=1S/C17H13ClFN3O2/c1-23-12-7-2-3-8-13(12)24-14-15(18)21-17(22-16(14)20)10-5-4-6-11(19)9-10/h2-9H,1H3,(H2,20,21,22). The maximum absolute atomic E-state index is 13.3. The van der Waals surface area contributed by atoms with Crippen LogP contribution in [0.3, 0.4) is 0 Å². The molecule has 24 heavy (non-hydrogen) atoms. The Morgan fingerprint density at radius 1 is 1.04 bits per heavy atom. The zero-order chi connectivity index (χ0) is 17.1. The van der Waals surface area contributed by atoms with E-state index in [9.17, 15) is 4.39 Å². The average molecular weight is 346 g/mol. The highest BCUT2D eigenvalue weighted by Gasteiger charge is 2.16. The Labute approximate surface area is 142 Å². The second-order valence-electron chi connectivity index (χ2n) is 4.82. The van der Waals surface area contributed by atoms with E-state index in [1.54, 1.807) is 36.4 Å². The molecule has 0 radical (unpaired) electrons. The van der Waals surface area contributed by atoms with E-state index in [1.165, 1.54) is 19.2 Å². The van der Waals surface area contributed by atoms with E-state index in [4.69, 9.17) is 26.8 Å². The number of aromatic nitrogens is 2. The smallest absolute Gasteiger partial charge is 0.206 e. The van der Waals surface area contributed by atoms with Gasteiger partial charge in [-0.2, -0.15) is 0 Å². The molecule has 0 aliphatic carbocycles. The van der Waals surface area contributed by atoms with Crippen molar-refractivity contribution in [3.05, 3.63) is 59.5 Å². The minimum Gasteiger partial charge on any atom is -0.493 e. The van der Waals surface area contributed by atoms with Gasteiger partial charge in [0.15, 0.2) is 28.3 Å². The van der Waals surface area contributed by atoms with Crippen molar-refractivity contribution in [3.8, 4) is 28.6 Å². The van der Waals surface area contributed by atoms with E-state index in [-0.39, 0.29) is 22.5 Å². The summed E-state index contributed by atoms with van der Waals surface area (Å²) >= 11 is 6.18. The van der Waals surface area contributed by atoms with Crippen LogP contribution in [0.2, 0.25) is 5.15 Å². The summed E-state index contributed by atoms with van der Waals surface area (Å²) in [4.78, 5) is 8.29. The number of nitrogen functional groups attached to an aromatic ring is 1. The van der Waals surface area contributed by atoms with Gasteiger partial charge in [-0.1, -0.05) is 35.9 Å². The molecule has 0 atom stereocenters. The first-order valence-electron chi connectivity index (χ1n) is 6.98. The van der Waals surface area contributed by atoms with Crippen molar-refractivity contribution in [2.75, 3.05) is 12.8 Å². The van der Waals surface area contributed by atoms with Gasteiger partial charge in [-0.15, -0.1) is 0 Å². The van der Waals surface area contributed by atoms with Crippen molar-refractivity contribution < 1.29 is 13.9 Å². The Kier molecular flexibility index (Phi) is 4.48. The Morgan fingerprint density at radius 3 is 2.46 bits per heavy atom. The molecule has 0 spiro atoms. The number of para-hydroxylation sites is 2. The van der Waals surface area contributed by atoms with Gasteiger partial charge in [0.25, 0.3) is 0 Å². The van der Waals surface area contributed by atoms with Crippen LogP contribution in [-0.4, -0.2) is 17.1 Å². The third-order valence-electron chi connectivity index (χ3n) is 3.21. The van der Waals surface area contributed by atoms with Gasteiger partial charge in [-0.05, 0) is 24.3 Å². The molecule has 0 amide bonds. The number of hydrogen-bond acceptors (Lipinski definition) is 5. The van der Waals surface area contributed by atoms with Crippen molar-refractivity contribution in [2.45, 2.75) is 0 Å². The number of benzene rings is 2. The van der Waals surface area contributed by atoms with Crippen LogP contribution < -0.4 is 15.2 Å². The Balaban J connectivity index is 1.99. The van der Waals surface area contributed by atoms with Gasteiger partial charge in [-0.3, -0.25) is 0 Å². The number of rotatable bonds is 4. The number of ether oxygens (including phenoxy) is 2. The first-order chi connectivity index (χ1) is 11.6. The number of nitrogens with zero attached hydrogens (tertiary/aromatic N) is 2. The lowest BCUT2D eigenvalue weighted by Crippen LogP contribution is -2.01. The van der Waals surface area contributed by atoms with Crippen LogP contribution in [0, 0.1) is 5.82 Å². The summed E-state index contributed by atoms with van der Waals surface area (Å²) in [6.45, 7) is 0. The van der Waals surface area contributed by atoms with E-state index in [0.717, 1.165) is 0 Å². The fourth-order valence-electron chi connectivity index (χ4n) is 2.10. The Hall–Kier alpha value is -2.86. The van der Waals surface area contributed by atoms with Gasteiger partial charge in [0.2, 0.25) is 5.75 Å². The van der Waals surface area contributed by atoms with Gasteiger partial charge in [0, 0.05) is 5.56 Å². The molecule has 0 saturated carbocycles. The molecule has 0 unspecified atom stereocenters. The minimum atomic E-state index is -0.403. The topological polar surface area (TPSA) is 70.3 Å². The summed E-state index contributed by atoms with van der Waals surface area (Å²) in [7, 11) is 1.52. The van der Waals surface area contributed by atoms with Crippen LogP contribution in [0.25, 0.3) is 11.4 Å². The molecule has 0 bridgehead atoms. The van der Waals surface area contributed by atoms with Crippen LogP contribution in [0.4, 0.5) is 10.2 Å². The summed E-state index contributed by atoms with van der Waals surface area (Å²) in [5.74, 6) is 0.906. The molecule has 2 N–H and O–H groups in total. The molecule has 1 aromatic heterocycles. The fraction of sp³-hybridized carbons (Fsp3) is 0.0588. The summed E-state index contributed by atoms with van der Waals surface area (Å²) in [6, 6.07) is 12.9. The largest absolute Gasteiger partial charge is 0.493 e. The molecule has 0 aliphatic rings. The Bertz CT molecular complexity index is 866. The molecular formula is C17H13ClFN3O2. The van der Waals surface area contributed by atoms with Gasteiger partial charge < -0.3 is 15.2 Å². The van der Waals surface area contributed by atoms with Crippen molar-refractivity contribution in [2.24, 2.45) is 0 Å². The molecule has 7 heteroatoms. The third kappa shape index (κ3) is 3.23. The number of nitrogens with two attached hydrogens (primary N) is 1. The van der Waals surface area contributed by atoms with E-state index in [1.807, 2.05) is 0 Å². The lowest BCUT2D eigenvalue weighted by molar-refractivity contribution is 0.378. The molecule has 0 saturated heterocycles. The van der Waals surface area contributed by atoms with E-state index < -0.39 is 5.82 Å². The molecule has 0 aliphatic heterocycles. The van der Waals surface area contributed by atoms with Crippen molar-refractivity contribution in [3.63, 3.8) is 0 Å². The normalized spacial score (nSPS) is 10.5. The zero-order valence-electron chi connectivity index (χ0n) is 12.7. The predicted molar refractivity (Wildman–Crippen MR) is 89.9 cm³/mol. The van der Waals surface area contributed by atoms with E-state index >= 15 is 0 Å². The molecule has 3 rings (SSSR count). The van der Waals surface area contributed by atoms with Crippen LogP contribution in [0.15, 0.2) is 48.5 Å². The van der Waals surface area contributed by atoms with Crippen molar-refractivity contribution in [1.82, 2.24) is 9.97 Å². The van der Waals surface area contributed by atoms with Gasteiger partial charge in [-0.25, -0.2) is 14.4 Å². The maximum atomic E-state index is 13.3. The highest BCUT2D eigenvalue weighted by molar-refractivity contribution is 6.31. The number of halogens is 2. The van der Waals surface area contributed by atoms with Gasteiger partial charge in [0.05, 0.1) is 7.11 Å². The van der Waals surface area contributed by atoms with Gasteiger partial charge in [0.1, 0.15) is 5.82 Å². The van der Waals surface area contributed by atoms with Crippen molar-refractivity contribution >= 4 is 17.4 Å². The monoisotopic (exact) mass is 345 g/mol. The van der Waals surface area contributed by atoms with Crippen LogP contribution in [0.5, 0.6) is 17.2 Å². The molecule has 5 nitrogen and oxygen atoms in total. The first kappa shape index (κ1) is 16.0. The predicted octanol–water partition coefficient (Wildman–Crippen LogP) is 4.32. The second-order valence-corrected chi connectivity index (χ2v) is 5.17. The van der Waals surface area contributed by atoms with Crippen LogP contribution >= 0.6 is 11.6 Å². The quantitative estimate of drug-likeness (QED) is 0.713. The zero-order valence-corrected chi connectivity index (χ0v) is 13.4. The summed E-state index contributed by atoms with van der Waals surface area (Å²) < 4.78 is 24.3. The summed E-state index contributed by atoms with van der Waals surface area (Å²) in [6.07, 6.45) is 0. The molecule has 3 aromatic rings. The lowest BCUT2D eigenvalue weighted by Gasteiger charge is -2.13. The lowest BCUT2D eigenvalue weighted by atomic mass is 10.2. The SMILES string of the molecule is COc1ccccc1Oc1c(N)nc(-c2cccc(F)c2)nc1Cl. The Morgan fingerprint density at radius 2 is 1.79 bits per heavy atom. The summed E-state index contributed by atoms with van der Waals surface area (Å²) in [5, 5.41) is 0.0210. The molecular weight excluding hydrogens is 333 g/mol. The first-order valence-corrected chi connectivity index (χ1v) is 7.36. The molecule has 1 heterocycles.